The quantitative estimate of drug-likeness (QED) is 0.601. The Morgan fingerprint density at radius 2 is 1.85 bits per heavy atom. The van der Waals surface area contributed by atoms with Gasteiger partial charge in [-0.2, -0.15) is 0 Å². The molecule has 0 unspecified atom stereocenters. The van der Waals surface area contributed by atoms with Gasteiger partial charge in [-0.05, 0) is 30.3 Å². The van der Waals surface area contributed by atoms with Crippen LogP contribution >= 0.6 is 23.4 Å². The Hall–Kier alpha value is -1.14. The van der Waals surface area contributed by atoms with Crippen molar-refractivity contribution in [2.75, 3.05) is 14.2 Å². The topological polar surface area (TPSA) is 44.2 Å². The highest BCUT2D eigenvalue weighted by molar-refractivity contribution is 7.98. The zero-order valence-electron chi connectivity index (χ0n) is 11.2. The van der Waals surface area contributed by atoms with E-state index < -0.39 is 6.29 Å². The third-order valence-corrected chi connectivity index (χ3v) is 3.84. The zero-order valence-corrected chi connectivity index (χ0v) is 12.8. The van der Waals surface area contributed by atoms with Gasteiger partial charge in [0.25, 0.3) is 0 Å². The van der Waals surface area contributed by atoms with Crippen molar-refractivity contribution in [3.05, 3.63) is 53.1 Å². The molecule has 0 saturated carbocycles. The molecule has 6 heteroatoms. The number of aromatic nitrogens is 2. The summed E-state index contributed by atoms with van der Waals surface area (Å²) in [6.45, 7) is 0. The van der Waals surface area contributed by atoms with E-state index in [0.29, 0.717) is 5.75 Å². The summed E-state index contributed by atoms with van der Waals surface area (Å²) in [5.74, 6) is 1.41. The fraction of sp³-hybridized carbons (Fsp3) is 0.286. The number of nitrogens with zero attached hydrogens (tertiary/aromatic N) is 2. The van der Waals surface area contributed by atoms with Crippen LogP contribution in [0.3, 0.4) is 0 Å². The van der Waals surface area contributed by atoms with Crippen LogP contribution < -0.4 is 0 Å². The number of halogens is 1. The lowest BCUT2D eigenvalue weighted by atomic mass is 10.4. The molecule has 0 saturated heterocycles. The first-order chi connectivity index (χ1) is 9.72. The van der Waals surface area contributed by atoms with Crippen molar-refractivity contribution in [1.82, 2.24) is 9.97 Å². The number of thioether (sulfide) groups is 1. The van der Waals surface area contributed by atoms with E-state index in [1.165, 1.54) is 0 Å². The first-order valence-electron chi connectivity index (χ1n) is 5.98. The summed E-state index contributed by atoms with van der Waals surface area (Å²) in [5, 5.41) is 0.732. The Labute approximate surface area is 127 Å². The van der Waals surface area contributed by atoms with Gasteiger partial charge in [0.2, 0.25) is 6.29 Å². The molecule has 20 heavy (non-hydrogen) atoms. The molecule has 1 aromatic heterocycles. The van der Waals surface area contributed by atoms with Gasteiger partial charge in [0, 0.05) is 30.3 Å². The van der Waals surface area contributed by atoms with Crippen molar-refractivity contribution >= 4 is 23.4 Å². The second-order valence-corrected chi connectivity index (χ2v) is 5.43. The standard InChI is InChI=1S/C14H15ClN2O2S/c1-18-14(19-2)12-7-8-16-13(17-12)9-20-11-5-3-10(15)4-6-11/h3-8,14H,9H2,1-2H3. The number of ether oxygens (including phenoxy) is 2. The summed E-state index contributed by atoms with van der Waals surface area (Å²) in [6.07, 6.45) is 1.25. The fourth-order valence-electron chi connectivity index (χ4n) is 1.63. The second kappa shape index (κ2) is 7.59. The molecule has 0 aliphatic carbocycles. The lowest BCUT2D eigenvalue weighted by molar-refractivity contribution is -0.108. The zero-order chi connectivity index (χ0) is 14.4. The molecule has 106 valence electrons. The minimum atomic E-state index is -0.461. The summed E-state index contributed by atoms with van der Waals surface area (Å²) in [7, 11) is 3.16. The molecule has 1 aromatic carbocycles. The maximum absolute atomic E-state index is 5.85. The van der Waals surface area contributed by atoms with Crippen molar-refractivity contribution in [3.63, 3.8) is 0 Å². The van der Waals surface area contributed by atoms with Gasteiger partial charge in [-0.1, -0.05) is 11.6 Å². The van der Waals surface area contributed by atoms with E-state index in [0.717, 1.165) is 21.4 Å². The number of benzene rings is 1. The minimum absolute atomic E-state index is 0.461. The Morgan fingerprint density at radius 1 is 1.15 bits per heavy atom. The summed E-state index contributed by atoms with van der Waals surface area (Å²) < 4.78 is 10.4. The van der Waals surface area contributed by atoms with Gasteiger partial charge in [0.15, 0.2) is 0 Å². The molecular weight excluding hydrogens is 296 g/mol. The Morgan fingerprint density at radius 3 is 2.50 bits per heavy atom. The van der Waals surface area contributed by atoms with E-state index in [1.807, 2.05) is 24.3 Å². The summed E-state index contributed by atoms with van der Waals surface area (Å²) in [4.78, 5) is 9.82. The highest BCUT2D eigenvalue weighted by atomic mass is 35.5. The Kier molecular flexibility index (Phi) is 5.79. The SMILES string of the molecule is COC(OC)c1ccnc(CSc2ccc(Cl)cc2)n1. The van der Waals surface area contributed by atoms with Crippen LogP contribution in [0.4, 0.5) is 0 Å². The van der Waals surface area contributed by atoms with Crippen LogP contribution in [0.1, 0.15) is 17.8 Å². The predicted molar refractivity (Wildman–Crippen MR) is 79.8 cm³/mol. The first-order valence-corrected chi connectivity index (χ1v) is 7.35. The average Bonchev–Trinajstić information content (AvgIpc) is 2.48. The molecule has 0 atom stereocenters. The van der Waals surface area contributed by atoms with E-state index in [1.54, 1.807) is 38.2 Å². The molecule has 2 rings (SSSR count). The highest BCUT2D eigenvalue weighted by Gasteiger charge is 2.11. The third kappa shape index (κ3) is 4.18. The maximum Gasteiger partial charge on any atom is 0.200 e. The molecule has 0 aliphatic rings. The monoisotopic (exact) mass is 310 g/mol. The van der Waals surface area contributed by atoms with Gasteiger partial charge in [-0.25, -0.2) is 9.97 Å². The van der Waals surface area contributed by atoms with E-state index in [4.69, 9.17) is 21.1 Å². The van der Waals surface area contributed by atoms with Crippen LogP contribution in [-0.4, -0.2) is 24.2 Å². The molecule has 0 spiro atoms. The molecule has 2 aromatic rings. The molecule has 0 amide bonds. The van der Waals surface area contributed by atoms with E-state index >= 15 is 0 Å². The third-order valence-electron chi connectivity index (χ3n) is 2.58. The van der Waals surface area contributed by atoms with Crippen molar-refractivity contribution in [2.45, 2.75) is 16.9 Å². The minimum Gasteiger partial charge on any atom is -0.350 e. The molecular formula is C14H15ClN2O2S. The molecule has 0 fully saturated rings. The van der Waals surface area contributed by atoms with Crippen molar-refractivity contribution in [1.29, 1.82) is 0 Å². The van der Waals surface area contributed by atoms with Crippen LogP contribution in [0.5, 0.6) is 0 Å². The lowest BCUT2D eigenvalue weighted by Gasteiger charge is -2.12. The maximum atomic E-state index is 5.85. The molecule has 0 bridgehead atoms. The molecule has 1 heterocycles. The van der Waals surface area contributed by atoms with Crippen molar-refractivity contribution < 1.29 is 9.47 Å². The Bertz CT molecular complexity index is 547. The van der Waals surface area contributed by atoms with Gasteiger partial charge >= 0.3 is 0 Å². The van der Waals surface area contributed by atoms with Gasteiger partial charge < -0.3 is 9.47 Å². The van der Waals surface area contributed by atoms with Crippen LogP contribution in [0.15, 0.2) is 41.4 Å². The van der Waals surface area contributed by atoms with Crippen LogP contribution in [0.2, 0.25) is 5.02 Å². The van der Waals surface area contributed by atoms with E-state index in [2.05, 4.69) is 9.97 Å². The first kappa shape index (κ1) is 15.3. The summed E-state index contributed by atoms with van der Waals surface area (Å²) >= 11 is 7.51. The predicted octanol–water partition coefficient (Wildman–Crippen LogP) is 3.71. The van der Waals surface area contributed by atoms with E-state index in [9.17, 15) is 0 Å². The molecule has 4 nitrogen and oxygen atoms in total. The molecule has 0 radical (unpaired) electrons. The van der Waals surface area contributed by atoms with Gasteiger partial charge in [-0.3, -0.25) is 0 Å². The van der Waals surface area contributed by atoms with Gasteiger partial charge in [-0.15, -0.1) is 11.8 Å². The number of rotatable bonds is 6. The van der Waals surface area contributed by atoms with Crippen LogP contribution in [0.25, 0.3) is 0 Å². The summed E-state index contributed by atoms with van der Waals surface area (Å²) in [5.41, 5.74) is 0.719. The number of methoxy groups -OCH3 is 2. The summed E-state index contributed by atoms with van der Waals surface area (Å²) in [6, 6.07) is 9.47. The van der Waals surface area contributed by atoms with Gasteiger partial charge in [0.05, 0.1) is 11.4 Å². The highest BCUT2D eigenvalue weighted by Crippen LogP contribution is 2.23. The Balaban J connectivity index is 2.02. The second-order valence-electron chi connectivity index (χ2n) is 3.94. The van der Waals surface area contributed by atoms with E-state index in [-0.39, 0.29) is 0 Å². The van der Waals surface area contributed by atoms with Crippen molar-refractivity contribution in [3.8, 4) is 0 Å². The largest absolute Gasteiger partial charge is 0.350 e. The molecule has 0 N–H and O–H groups in total. The number of hydrogen-bond donors (Lipinski definition) is 0. The number of hydrogen-bond acceptors (Lipinski definition) is 5. The van der Waals surface area contributed by atoms with Gasteiger partial charge in [0.1, 0.15) is 5.82 Å². The van der Waals surface area contributed by atoms with Crippen LogP contribution in [0, 0.1) is 0 Å². The fourth-order valence-corrected chi connectivity index (χ4v) is 2.52. The average molecular weight is 311 g/mol. The molecule has 0 aliphatic heterocycles. The van der Waals surface area contributed by atoms with Crippen LogP contribution in [-0.2, 0) is 15.2 Å². The van der Waals surface area contributed by atoms with Crippen molar-refractivity contribution in [2.24, 2.45) is 0 Å². The normalized spacial score (nSPS) is 11.0. The smallest absolute Gasteiger partial charge is 0.200 e. The lowest BCUT2D eigenvalue weighted by Crippen LogP contribution is -2.08.